The van der Waals surface area contributed by atoms with Gasteiger partial charge >= 0.3 is 0 Å². The third-order valence-electron chi connectivity index (χ3n) is 4.29. The minimum absolute atomic E-state index is 0.00147. The average molecular weight is 448 g/mol. The number of amides is 2. The fraction of sp³-hybridized carbons (Fsp3) is 0.500. The van der Waals surface area contributed by atoms with Gasteiger partial charge in [-0.25, -0.2) is 12.7 Å². The van der Waals surface area contributed by atoms with Crippen molar-refractivity contribution in [3.05, 3.63) is 28.2 Å². The first-order valence-electron chi connectivity index (χ1n) is 7.98. The van der Waals surface area contributed by atoms with Crippen molar-refractivity contribution in [2.75, 3.05) is 27.3 Å². The molecule has 26 heavy (non-hydrogen) atoms. The zero-order valence-electron chi connectivity index (χ0n) is 14.6. The van der Waals surface area contributed by atoms with E-state index in [1.807, 2.05) is 0 Å². The van der Waals surface area contributed by atoms with Crippen molar-refractivity contribution >= 4 is 37.8 Å². The van der Waals surface area contributed by atoms with E-state index in [-0.39, 0.29) is 16.9 Å². The van der Waals surface area contributed by atoms with Crippen LogP contribution in [0.2, 0.25) is 0 Å². The number of sulfonamides is 1. The molecule has 3 N–H and O–H groups in total. The van der Waals surface area contributed by atoms with Gasteiger partial charge in [-0.15, -0.1) is 0 Å². The van der Waals surface area contributed by atoms with Crippen LogP contribution in [0.25, 0.3) is 0 Å². The highest BCUT2D eigenvalue weighted by molar-refractivity contribution is 9.10. The number of carbonyl (C=O) groups excluding carboxylic acids is 2. The molecule has 10 heteroatoms. The van der Waals surface area contributed by atoms with E-state index in [9.17, 15) is 18.0 Å². The molecule has 0 unspecified atom stereocenters. The van der Waals surface area contributed by atoms with Gasteiger partial charge in [0.1, 0.15) is 0 Å². The van der Waals surface area contributed by atoms with Gasteiger partial charge in [0.2, 0.25) is 15.9 Å². The van der Waals surface area contributed by atoms with Gasteiger partial charge in [-0.2, -0.15) is 0 Å². The summed E-state index contributed by atoms with van der Waals surface area (Å²) in [7, 11) is -0.888. The lowest BCUT2D eigenvalue weighted by Crippen LogP contribution is -2.54. The van der Waals surface area contributed by atoms with Gasteiger partial charge in [-0.05, 0) is 47.0 Å². The van der Waals surface area contributed by atoms with E-state index in [1.54, 1.807) is 0 Å². The molecule has 2 rings (SSSR count). The summed E-state index contributed by atoms with van der Waals surface area (Å²) in [6.07, 6.45) is 0.920. The molecule has 8 nitrogen and oxygen atoms in total. The van der Waals surface area contributed by atoms with E-state index < -0.39 is 27.4 Å². The molecule has 0 aromatic heterocycles. The number of nitrogens with zero attached hydrogens (tertiary/aromatic N) is 1. The fourth-order valence-electron chi connectivity index (χ4n) is 2.79. The van der Waals surface area contributed by atoms with E-state index in [4.69, 9.17) is 10.5 Å². The number of benzene rings is 1. The zero-order chi connectivity index (χ0) is 19.5. The topological polar surface area (TPSA) is 119 Å². The molecule has 0 spiro atoms. The van der Waals surface area contributed by atoms with Crippen molar-refractivity contribution in [3.8, 4) is 0 Å². The van der Waals surface area contributed by atoms with Crippen LogP contribution < -0.4 is 11.1 Å². The first-order chi connectivity index (χ1) is 12.1. The van der Waals surface area contributed by atoms with Gasteiger partial charge in [0.25, 0.3) is 5.91 Å². The van der Waals surface area contributed by atoms with Crippen LogP contribution in [0.15, 0.2) is 27.6 Å². The second-order valence-electron chi connectivity index (χ2n) is 6.42. The predicted octanol–water partition coefficient (Wildman–Crippen LogP) is 0.854. The molecule has 1 aromatic rings. The molecule has 1 saturated heterocycles. The Bertz CT molecular complexity index is 804. The highest BCUT2D eigenvalue weighted by Gasteiger charge is 2.36. The summed E-state index contributed by atoms with van der Waals surface area (Å²) in [5.74, 6) is -0.977. The summed E-state index contributed by atoms with van der Waals surface area (Å²) in [6, 6.07) is 4.34. The number of primary amides is 1. The van der Waals surface area contributed by atoms with Crippen molar-refractivity contribution in [3.63, 3.8) is 0 Å². The number of hydrogen-bond donors (Lipinski definition) is 2. The lowest BCUT2D eigenvalue weighted by Gasteiger charge is -2.37. The Kier molecular flexibility index (Phi) is 6.43. The van der Waals surface area contributed by atoms with Crippen LogP contribution in [0, 0.1) is 0 Å². The van der Waals surface area contributed by atoms with E-state index in [2.05, 4.69) is 21.2 Å². The van der Waals surface area contributed by atoms with Crippen molar-refractivity contribution in [1.29, 1.82) is 0 Å². The molecule has 1 heterocycles. The van der Waals surface area contributed by atoms with Gasteiger partial charge < -0.3 is 15.8 Å². The highest BCUT2D eigenvalue weighted by atomic mass is 79.9. The quantitative estimate of drug-likeness (QED) is 0.669. The first kappa shape index (κ1) is 20.8. The molecule has 1 aromatic carbocycles. The molecule has 1 aliphatic heterocycles. The Labute approximate surface area is 161 Å². The minimum Gasteiger partial charge on any atom is -0.381 e. The van der Waals surface area contributed by atoms with E-state index >= 15 is 0 Å². The van der Waals surface area contributed by atoms with Crippen molar-refractivity contribution in [1.82, 2.24) is 9.62 Å². The lowest BCUT2D eigenvalue weighted by atomic mass is 9.86. The number of nitrogens with one attached hydrogen (secondary N) is 1. The van der Waals surface area contributed by atoms with E-state index in [0.717, 1.165) is 4.31 Å². The molecule has 2 amide bonds. The predicted molar refractivity (Wildman–Crippen MR) is 99.1 cm³/mol. The summed E-state index contributed by atoms with van der Waals surface area (Å²) in [4.78, 5) is 24.2. The van der Waals surface area contributed by atoms with Crippen LogP contribution in [0.5, 0.6) is 0 Å². The number of hydrogen-bond acceptors (Lipinski definition) is 5. The number of nitrogens with two attached hydrogens (primary N) is 1. The van der Waals surface area contributed by atoms with Crippen LogP contribution >= 0.6 is 15.9 Å². The van der Waals surface area contributed by atoms with E-state index in [1.165, 1.54) is 32.3 Å². The van der Waals surface area contributed by atoms with Crippen LogP contribution in [-0.2, 0) is 19.6 Å². The third-order valence-corrected chi connectivity index (χ3v) is 7.10. The Hall–Kier alpha value is -1.49. The third kappa shape index (κ3) is 4.61. The lowest BCUT2D eigenvalue weighted by molar-refractivity contribution is -0.120. The highest BCUT2D eigenvalue weighted by Crippen LogP contribution is 2.28. The van der Waals surface area contributed by atoms with Crippen molar-refractivity contribution in [2.24, 2.45) is 5.73 Å². The largest absolute Gasteiger partial charge is 0.381 e. The van der Waals surface area contributed by atoms with Gasteiger partial charge in [0, 0.05) is 43.8 Å². The smallest absolute Gasteiger partial charge is 0.251 e. The standard InChI is InChI=1S/C16H22BrN3O5S/c1-20(2)26(23,24)13-9-11(3-4-12(13)17)15(22)19-16(10-14(18)21)5-7-25-8-6-16/h3-4,9H,5-8,10H2,1-2H3,(H2,18,21)(H,19,22). The second kappa shape index (κ2) is 8.03. The van der Waals surface area contributed by atoms with Gasteiger partial charge in [-0.3, -0.25) is 9.59 Å². The Morgan fingerprint density at radius 3 is 2.46 bits per heavy atom. The zero-order valence-corrected chi connectivity index (χ0v) is 17.0. The summed E-state index contributed by atoms with van der Waals surface area (Å²) in [5, 5.41) is 2.86. The SMILES string of the molecule is CN(C)S(=O)(=O)c1cc(C(=O)NC2(CC(N)=O)CCOCC2)ccc1Br. The molecule has 0 saturated carbocycles. The maximum atomic E-state index is 12.7. The summed E-state index contributed by atoms with van der Waals surface area (Å²) in [6.45, 7) is 0.822. The summed E-state index contributed by atoms with van der Waals surface area (Å²) >= 11 is 3.21. The molecular weight excluding hydrogens is 426 g/mol. The maximum absolute atomic E-state index is 12.7. The minimum atomic E-state index is -3.72. The second-order valence-corrected chi connectivity index (χ2v) is 9.40. The molecule has 1 fully saturated rings. The summed E-state index contributed by atoms with van der Waals surface area (Å²) < 4.78 is 31.6. The molecule has 0 atom stereocenters. The molecular formula is C16H22BrN3O5S. The van der Waals surface area contributed by atoms with Crippen LogP contribution in [0.1, 0.15) is 29.6 Å². The van der Waals surface area contributed by atoms with Gasteiger partial charge in [0.15, 0.2) is 0 Å². The van der Waals surface area contributed by atoms with Crippen molar-refractivity contribution < 1.29 is 22.7 Å². The van der Waals surface area contributed by atoms with Gasteiger partial charge in [0.05, 0.1) is 10.4 Å². The normalized spacial score (nSPS) is 17.1. The van der Waals surface area contributed by atoms with Crippen LogP contribution in [0.3, 0.4) is 0 Å². The number of carbonyl (C=O) groups is 2. The Balaban J connectivity index is 2.33. The molecule has 0 bridgehead atoms. The van der Waals surface area contributed by atoms with Gasteiger partial charge in [-0.1, -0.05) is 0 Å². The molecule has 0 aliphatic carbocycles. The maximum Gasteiger partial charge on any atom is 0.251 e. The molecule has 1 aliphatic rings. The van der Waals surface area contributed by atoms with E-state index in [0.29, 0.717) is 30.5 Å². The Morgan fingerprint density at radius 1 is 1.31 bits per heavy atom. The number of halogens is 1. The fourth-order valence-corrected chi connectivity index (χ4v) is 4.64. The molecule has 144 valence electrons. The summed E-state index contributed by atoms with van der Waals surface area (Å²) in [5.41, 5.74) is 4.74. The van der Waals surface area contributed by atoms with Crippen LogP contribution in [0.4, 0.5) is 0 Å². The monoisotopic (exact) mass is 447 g/mol. The Morgan fingerprint density at radius 2 is 1.92 bits per heavy atom. The first-order valence-corrected chi connectivity index (χ1v) is 10.2. The number of ether oxygens (including phenoxy) is 1. The van der Waals surface area contributed by atoms with Crippen molar-refractivity contribution in [2.45, 2.75) is 29.7 Å². The van der Waals surface area contributed by atoms with Crippen LogP contribution in [-0.4, -0.2) is 57.4 Å². The average Bonchev–Trinajstić information content (AvgIpc) is 2.54. The molecule has 0 radical (unpaired) electrons. The number of rotatable bonds is 6.